The summed E-state index contributed by atoms with van der Waals surface area (Å²) in [5.74, 6) is 1.01. The second-order valence-electron chi connectivity index (χ2n) is 5.59. The van der Waals surface area contributed by atoms with Gasteiger partial charge in [0.1, 0.15) is 12.1 Å². The zero-order chi connectivity index (χ0) is 18.0. The van der Waals surface area contributed by atoms with Crippen molar-refractivity contribution < 1.29 is 4.79 Å². The number of rotatable bonds is 5. The average Bonchev–Trinajstić information content (AvgIpc) is 3.10. The third-order valence-electron chi connectivity index (χ3n) is 3.26. The van der Waals surface area contributed by atoms with Crippen molar-refractivity contribution >= 4 is 23.5 Å². The van der Waals surface area contributed by atoms with Gasteiger partial charge in [-0.2, -0.15) is 9.78 Å². The van der Waals surface area contributed by atoms with Gasteiger partial charge in [0, 0.05) is 24.5 Å². The highest BCUT2D eigenvalue weighted by molar-refractivity contribution is 7.99. The van der Waals surface area contributed by atoms with Crippen molar-refractivity contribution in [3.63, 3.8) is 0 Å². The Hall–Kier alpha value is -2.75. The lowest BCUT2D eigenvalue weighted by atomic mass is 10.4. The molecule has 3 aromatic rings. The molecule has 10 heteroatoms. The van der Waals surface area contributed by atoms with E-state index in [1.54, 1.807) is 21.6 Å². The molecule has 0 saturated heterocycles. The third-order valence-corrected chi connectivity index (χ3v) is 4.30. The van der Waals surface area contributed by atoms with E-state index in [-0.39, 0.29) is 11.7 Å². The normalized spacial score (nSPS) is 10.9. The molecule has 0 radical (unpaired) electrons. The number of nitrogens with one attached hydrogen (secondary N) is 1. The Morgan fingerprint density at radius 3 is 2.52 bits per heavy atom. The van der Waals surface area contributed by atoms with Gasteiger partial charge < -0.3 is 9.88 Å². The highest BCUT2D eigenvalue weighted by atomic mass is 32.2. The highest BCUT2D eigenvalue weighted by Gasteiger charge is 2.14. The van der Waals surface area contributed by atoms with E-state index in [2.05, 4.69) is 30.6 Å². The summed E-state index contributed by atoms with van der Waals surface area (Å²) in [7, 11) is 1.83. The molecule has 0 saturated carbocycles. The van der Waals surface area contributed by atoms with Gasteiger partial charge in [-0.1, -0.05) is 11.8 Å². The van der Waals surface area contributed by atoms with Crippen LogP contribution in [0.3, 0.4) is 0 Å². The van der Waals surface area contributed by atoms with Crippen LogP contribution in [0.1, 0.15) is 17.1 Å². The van der Waals surface area contributed by atoms with Gasteiger partial charge in [-0.25, -0.2) is 9.97 Å². The first-order valence-corrected chi connectivity index (χ1v) is 8.57. The van der Waals surface area contributed by atoms with Crippen molar-refractivity contribution in [3.8, 4) is 5.95 Å². The molecule has 1 N–H and O–H groups in total. The standard InChI is InChI=1S/C15H18N8OS/c1-9-5-10(2)18-14(17-9)23-12(6-11(3)21-23)19-13(24)7-25-15-20-16-8-22(15)4/h5-6,8H,7H2,1-4H3,(H,19,24). The van der Waals surface area contributed by atoms with Crippen LogP contribution in [0.5, 0.6) is 0 Å². The fraction of sp³-hybridized carbons (Fsp3) is 0.333. The molecule has 0 aliphatic carbocycles. The number of hydrogen-bond acceptors (Lipinski definition) is 7. The minimum atomic E-state index is -0.168. The number of aromatic nitrogens is 7. The van der Waals surface area contributed by atoms with Crippen LogP contribution in [0.2, 0.25) is 0 Å². The molecule has 9 nitrogen and oxygen atoms in total. The van der Waals surface area contributed by atoms with Crippen LogP contribution < -0.4 is 5.32 Å². The van der Waals surface area contributed by atoms with E-state index >= 15 is 0 Å². The quantitative estimate of drug-likeness (QED) is 0.688. The summed E-state index contributed by atoms with van der Waals surface area (Å²) in [5.41, 5.74) is 2.44. The number of carbonyl (C=O) groups is 1. The number of thioether (sulfide) groups is 1. The largest absolute Gasteiger partial charge is 0.312 e. The van der Waals surface area contributed by atoms with E-state index in [0.717, 1.165) is 17.1 Å². The van der Waals surface area contributed by atoms with E-state index in [0.29, 0.717) is 16.9 Å². The maximum absolute atomic E-state index is 12.3. The predicted octanol–water partition coefficient (Wildman–Crippen LogP) is 1.45. The highest BCUT2D eigenvalue weighted by Crippen LogP contribution is 2.17. The number of anilines is 1. The zero-order valence-corrected chi connectivity index (χ0v) is 15.2. The van der Waals surface area contributed by atoms with Crippen molar-refractivity contribution in [1.29, 1.82) is 0 Å². The van der Waals surface area contributed by atoms with E-state index in [9.17, 15) is 4.79 Å². The van der Waals surface area contributed by atoms with Crippen LogP contribution in [-0.2, 0) is 11.8 Å². The summed E-state index contributed by atoms with van der Waals surface area (Å²) in [6.07, 6.45) is 1.59. The number of amides is 1. The summed E-state index contributed by atoms with van der Waals surface area (Å²) in [5, 5.41) is 15.6. The van der Waals surface area contributed by atoms with Crippen LogP contribution in [0.15, 0.2) is 23.6 Å². The molecular weight excluding hydrogens is 340 g/mol. The Morgan fingerprint density at radius 2 is 1.88 bits per heavy atom. The van der Waals surface area contributed by atoms with Crippen molar-refractivity contribution in [1.82, 2.24) is 34.5 Å². The summed E-state index contributed by atoms with van der Waals surface area (Å²) in [6, 6.07) is 3.67. The second kappa shape index (κ2) is 7.01. The van der Waals surface area contributed by atoms with Gasteiger partial charge in [-0.3, -0.25) is 4.79 Å². The van der Waals surface area contributed by atoms with Crippen LogP contribution in [0.25, 0.3) is 5.95 Å². The second-order valence-corrected chi connectivity index (χ2v) is 6.54. The van der Waals surface area contributed by atoms with E-state index in [4.69, 9.17) is 0 Å². The first kappa shape index (κ1) is 17.1. The summed E-state index contributed by atoms with van der Waals surface area (Å²) in [4.78, 5) is 21.1. The van der Waals surface area contributed by atoms with Crippen LogP contribution in [0.4, 0.5) is 5.82 Å². The van der Waals surface area contributed by atoms with Crippen LogP contribution in [-0.4, -0.2) is 46.2 Å². The number of carbonyl (C=O) groups excluding carboxylic acids is 1. The molecular formula is C15H18N8OS. The minimum absolute atomic E-state index is 0.168. The molecule has 3 aromatic heterocycles. The van der Waals surface area contributed by atoms with Gasteiger partial charge >= 0.3 is 0 Å². The monoisotopic (exact) mass is 358 g/mol. The lowest BCUT2D eigenvalue weighted by molar-refractivity contribution is -0.113. The third kappa shape index (κ3) is 4.02. The number of aryl methyl sites for hydroxylation is 4. The fourth-order valence-corrected chi connectivity index (χ4v) is 2.94. The van der Waals surface area contributed by atoms with Gasteiger partial charge in [0.25, 0.3) is 5.95 Å². The average molecular weight is 358 g/mol. The molecule has 3 rings (SSSR count). The Balaban J connectivity index is 1.76. The van der Waals surface area contributed by atoms with Gasteiger partial charge in [0.2, 0.25) is 5.91 Å². The topological polar surface area (TPSA) is 103 Å². The minimum Gasteiger partial charge on any atom is -0.312 e. The number of nitrogens with zero attached hydrogens (tertiary/aromatic N) is 7. The fourth-order valence-electron chi connectivity index (χ4n) is 2.26. The lowest BCUT2D eigenvalue weighted by Gasteiger charge is -2.08. The first-order chi connectivity index (χ1) is 11.9. The molecule has 0 fully saturated rings. The molecule has 0 aromatic carbocycles. The zero-order valence-electron chi connectivity index (χ0n) is 14.4. The van der Waals surface area contributed by atoms with Crippen molar-refractivity contribution in [3.05, 3.63) is 35.5 Å². The van der Waals surface area contributed by atoms with Gasteiger partial charge in [-0.15, -0.1) is 10.2 Å². The molecule has 3 heterocycles. The predicted molar refractivity (Wildman–Crippen MR) is 93.7 cm³/mol. The Morgan fingerprint density at radius 1 is 1.16 bits per heavy atom. The Labute approximate surface area is 148 Å². The maximum atomic E-state index is 12.3. The van der Waals surface area contributed by atoms with Crippen LogP contribution >= 0.6 is 11.8 Å². The summed E-state index contributed by atoms with van der Waals surface area (Å²) >= 11 is 1.31. The van der Waals surface area contributed by atoms with Gasteiger partial charge in [-0.05, 0) is 26.8 Å². The molecule has 0 aliphatic heterocycles. The van der Waals surface area contributed by atoms with Gasteiger partial charge in [0.15, 0.2) is 5.16 Å². The number of hydrogen-bond donors (Lipinski definition) is 1. The maximum Gasteiger partial charge on any atom is 0.252 e. The van der Waals surface area contributed by atoms with E-state index in [1.807, 2.05) is 33.9 Å². The summed E-state index contributed by atoms with van der Waals surface area (Å²) in [6.45, 7) is 5.64. The van der Waals surface area contributed by atoms with Crippen LogP contribution in [0, 0.1) is 20.8 Å². The molecule has 0 atom stereocenters. The molecule has 0 aliphatic rings. The molecule has 0 bridgehead atoms. The molecule has 25 heavy (non-hydrogen) atoms. The molecule has 0 unspecified atom stereocenters. The van der Waals surface area contributed by atoms with E-state index in [1.165, 1.54) is 11.8 Å². The molecule has 1 amide bonds. The Kier molecular flexibility index (Phi) is 4.79. The first-order valence-electron chi connectivity index (χ1n) is 7.58. The Bertz CT molecular complexity index is 896. The molecule has 130 valence electrons. The lowest BCUT2D eigenvalue weighted by Crippen LogP contribution is -2.18. The van der Waals surface area contributed by atoms with Crippen molar-refractivity contribution in [2.45, 2.75) is 25.9 Å². The van der Waals surface area contributed by atoms with Crippen molar-refractivity contribution in [2.75, 3.05) is 11.1 Å². The van der Waals surface area contributed by atoms with Gasteiger partial charge in [0.05, 0.1) is 11.4 Å². The summed E-state index contributed by atoms with van der Waals surface area (Å²) < 4.78 is 3.30. The smallest absolute Gasteiger partial charge is 0.252 e. The van der Waals surface area contributed by atoms with Crippen molar-refractivity contribution in [2.24, 2.45) is 7.05 Å². The SMILES string of the molecule is Cc1cc(C)nc(-n2nc(C)cc2NC(=O)CSc2nncn2C)n1. The molecule has 0 spiro atoms. The van der Waals surface area contributed by atoms with E-state index < -0.39 is 0 Å².